The van der Waals surface area contributed by atoms with Crippen LogP contribution in [-0.2, 0) is 17.1 Å². The Kier molecular flexibility index (Phi) is 7.16. The van der Waals surface area contributed by atoms with E-state index < -0.39 is 22.0 Å². The molecular formula is C30H32ClN7O4S. The Bertz CT molecular complexity index is 1950. The molecule has 1 saturated heterocycles. The van der Waals surface area contributed by atoms with E-state index in [2.05, 4.69) is 32.3 Å². The third kappa shape index (κ3) is 5.56. The molecule has 4 atom stereocenters. The Morgan fingerprint density at radius 2 is 1.81 bits per heavy atom. The fourth-order valence-electron chi connectivity index (χ4n) is 6.37. The first-order valence-electron chi connectivity index (χ1n) is 13.9. The lowest BCUT2D eigenvalue weighted by Gasteiger charge is -2.25. The highest BCUT2D eigenvalue weighted by Gasteiger charge is 2.56. The number of pyridine rings is 2. The number of carbonyl (C=O) groups is 1. The molecule has 6 rings (SSSR count). The van der Waals surface area contributed by atoms with Crippen molar-refractivity contribution < 1.29 is 13.2 Å². The van der Waals surface area contributed by atoms with Gasteiger partial charge < -0.3 is 10.2 Å². The molecule has 2 N–H and O–H groups in total. The number of aryl methyl sites for hydroxylation is 2. The Balaban J connectivity index is 1.33. The monoisotopic (exact) mass is 621 g/mol. The van der Waals surface area contributed by atoms with Crippen molar-refractivity contribution in [1.82, 2.24) is 24.2 Å². The van der Waals surface area contributed by atoms with Gasteiger partial charge in [0, 0.05) is 37.6 Å². The number of benzene rings is 1. The van der Waals surface area contributed by atoms with Gasteiger partial charge in [-0.3, -0.25) is 19.1 Å². The third-order valence-electron chi connectivity index (χ3n) is 8.31. The molecule has 2 fully saturated rings. The highest BCUT2D eigenvalue weighted by atomic mass is 35.5. The summed E-state index contributed by atoms with van der Waals surface area (Å²) in [6.45, 7) is 7.42. The number of anilines is 2. The van der Waals surface area contributed by atoms with Crippen molar-refractivity contribution >= 4 is 50.1 Å². The highest BCUT2D eigenvalue weighted by molar-refractivity contribution is 7.89. The molecule has 4 heterocycles. The largest absolute Gasteiger partial charge is 0.377 e. The molecular weight excluding hydrogens is 590 g/mol. The molecule has 0 bridgehead atoms. The lowest BCUT2D eigenvalue weighted by molar-refractivity contribution is 0.0977. The maximum Gasteiger partial charge on any atom is 0.285 e. The molecule has 224 valence electrons. The Morgan fingerprint density at radius 3 is 2.49 bits per heavy atom. The second kappa shape index (κ2) is 10.6. The van der Waals surface area contributed by atoms with Crippen molar-refractivity contribution in [2.75, 3.05) is 29.6 Å². The number of halogens is 1. The van der Waals surface area contributed by atoms with E-state index in [1.165, 1.54) is 11.6 Å². The van der Waals surface area contributed by atoms with Crippen molar-refractivity contribution in [3.05, 3.63) is 86.2 Å². The summed E-state index contributed by atoms with van der Waals surface area (Å²) in [4.78, 5) is 42.0. The summed E-state index contributed by atoms with van der Waals surface area (Å²) in [6.07, 6.45) is 2.75. The minimum atomic E-state index is -3.83. The first kappa shape index (κ1) is 29.1. The molecule has 13 heteroatoms. The van der Waals surface area contributed by atoms with Crippen molar-refractivity contribution in [2.24, 2.45) is 18.9 Å². The number of nitrogens with zero attached hydrogens (tertiary/aromatic N) is 5. The van der Waals surface area contributed by atoms with Gasteiger partial charge in [0.1, 0.15) is 5.15 Å². The quantitative estimate of drug-likeness (QED) is 0.296. The third-order valence-corrected chi connectivity index (χ3v) is 9.07. The van der Waals surface area contributed by atoms with Crippen molar-refractivity contribution in [2.45, 2.75) is 32.7 Å². The van der Waals surface area contributed by atoms with Crippen LogP contribution in [0.2, 0.25) is 5.15 Å². The molecule has 1 aliphatic heterocycles. The van der Waals surface area contributed by atoms with Gasteiger partial charge in [-0.1, -0.05) is 17.7 Å². The summed E-state index contributed by atoms with van der Waals surface area (Å²) in [7, 11) is -2.07. The Labute approximate surface area is 254 Å². The predicted octanol–water partition coefficient (Wildman–Crippen LogP) is 3.71. The number of carbonyl (C=O) groups excluding carboxylic acids is 1. The maximum atomic E-state index is 13.7. The number of amides is 1. The van der Waals surface area contributed by atoms with Crippen molar-refractivity contribution in [1.29, 1.82) is 0 Å². The van der Waals surface area contributed by atoms with E-state index in [1.54, 1.807) is 17.7 Å². The van der Waals surface area contributed by atoms with Crippen molar-refractivity contribution in [3.63, 3.8) is 0 Å². The van der Waals surface area contributed by atoms with Crippen LogP contribution in [0.5, 0.6) is 0 Å². The second-order valence-electron chi connectivity index (χ2n) is 11.6. The van der Waals surface area contributed by atoms with Gasteiger partial charge >= 0.3 is 0 Å². The lowest BCUT2D eigenvalue weighted by Crippen LogP contribution is -2.32. The number of piperidine rings is 1. The fraction of sp³-hybridized carbons (Fsp3) is 0.367. The smallest absolute Gasteiger partial charge is 0.285 e. The zero-order valence-electron chi connectivity index (χ0n) is 24.4. The maximum absolute atomic E-state index is 13.7. The number of rotatable bonds is 7. The average molecular weight is 622 g/mol. The van der Waals surface area contributed by atoms with Gasteiger partial charge in [-0.25, -0.2) is 23.1 Å². The molecule has 3 aromatic heterocycles. The molecule has 1 aliphatic carbocycles. The fourth-order valence-corrected chi connectivity index (χ4v) is 6.95. The predicted molar refractivity (Wildman–Crippen MR) is 166 cm³/mol. The number of sulfonamides is 1. The van der Waals surface area contributed by atoms with Crippen LogP contribution >= 0.6 is 11.6 Å². The summed E-state index contributed by atoms with van der Waals surface area (Å²) in [6, 6.07) is 10.7. The van der Waals surface area contributed by atoms with Gasteiger partial charge in [0.25, 0.3) is 11.5 Å². The topological polar surface area (TPSA) is 139 Å². The lowest BCUT2D eigenvalue weighted by atomic mass is 10.0. The number of hydrogen-bond acceptors (Lipinski definition) is 9. The van der Waals surface area contributed by atoms with Crippen LogP contribution in [0.25, 0.3) is 10.9 Å². The standard InChI is InChI=1S/C30H32ClN7O4S/c1-15-10-19(17(3)33-23-6-7-24(31)34-27(23)28(39)36-43(5,41)42)26-20(11-15)29(40)37(4)30(35-26)38-13-21-22(14-38)25(21)18-8-9-32-16(2)12-18/h6-12,17,21-22,25,33H,13-14H2,1-5H3,(H,36,39)/t17-,21-,22+,25?/m1/s1. The number of aromatic nitrogens is 4. The van der Waals surface area contributed by atoms with Crippen LogP contribution in [0.15, 0.2) is 47.4 Å². The highest BCUT2D eigenvalue weighted by Crippen LogP contribution is 2.58. The number of hydrogen-bond donors (Lipinski definition) is 2. The number of fused-ring (bicyclic) bond motifs is 2. The van der Waals surface area contributed by atoms with Gasteiger partial charge in [0.2, 0.25) is 16.0 Å². The van der Waals surface area contributed by atoms with E-state index in [0.29, 0.717) is 34.6 Å². The normalized spacial score (nSPS) is 20.1. The van der Waals surface area contributed by atoms with Crippen LogP contribution < -0.4 is 20.5 Å². The minimum Gasteiger partial charge on any atom is -0.377 e. The average Bonchev–Trinajstić information content (AvgIpc) is 3.43. The molecule has 43 heavy (non-hydrogen) atoms. The summed E-state index contributed by atoms with van der Waals surface area (Å²) >= 11 is 6.04. The first-order valence-corrected chi connectivity index (χ1v) is 16.2. The summed E-state index contributed by atoms with van der Waals surface area (Å²) in [5.41, 5.74) is 4.52. The molecule has 1 amide bonds. The zero-order chi connectivity index (χ0) is 30.8. The first-order chi connectivity index (χ1) is 20.3. The number of nitrogens with one attached hydrogen (secondary N) is 2. The summed E-state index contributed by atoms with van der Waals surface area (Å²) < 4.78 is 27.0. The van der Waals surface area contributed by atoms with Gasteiger partial charge in [-0.15, -0.1) is 0 Å². The van der Waals surface area contributed by atoms with Crippen LogP contribution in [0, 0.1) is 25.7 Å². The molecule has 2 aliphatic rings. The van der Waals surface area contributed by atoms with E-state index in [0.717, 1.165) is 36.2 Å². The molecule has 1 unspecified atom stereocenters. The summed E-state index contributed by atoms with van der Waals surface area (Å²) in [5.74, 6) is 1.21. The zero-order valence-corrected chi connectivity index (χ0v) is 26.0. The van der Waals surface area contributed by atoms with E-state index in [1.807, 2.05) is 43.8 Å². The summed E-state index contributed by atoms with van der Waals surface area (Å²) in [5, 5.41) is 3.79. The Hall–Kier alpha value is -4.03. The molecule has 4 aromatic rings. The molecule has 1 saturated carbocycles. The second-order valence-corrected chi connectivity index (χ2v) is 13.8. The van der Waals surface area contributed by atoms with Crippen molar-refractivity contribution in [3.8, 4) is 0 Å². The molecule has 11 nitrogen and oxygen atoms in total. The van der Waals surface area contributed by atoms with E-state index >= 15 is 0 Å². The van der Waals surface area contributed by atoms with Crippen LogP contribution in [0.4, 0.5) is 11.6 Å². The van der Waals surface area contributed by atoms with Gasteiger partial charge in [0.15, 0.2) is 5.69 Å². The van der Waals surface area contributed by atoms with E-state index in [-0.39, 0.29) is 22.1 Å². The van der Waals surface area contributed by atoms with E-state index in [4.69, 9.17) is 16.6 Å². The molecule has 0 spiro atoms. The van der Waals surface area contributed by atoms with Crippen LogP contribution in [0.3, 0.4) is 0 Å². The van der Waals surface area contributed by atoms with E-state index in [9.17, 15) is 18.0 Å². The van der Waals surface area contributed by atoms with Crippen LogP contribution in [0.1, 0.15) is 51.8 Å². The van der Waals surface area contributed by atoms with Gasteiger partial charge in [-0.2, -0.15) is 0 Å². The molecule has 1 aromatic carbocycles. The minimum absolute atomic E-state index is 0.0395. The Morgan fingerprint density at radius 1 is 1.09 bits per heavy atom. The molecule has 0 radical (unpaired) electrons. The van der Waals surface area contributed by atoms with Crippen LogP contribution in [-0.4, -0.2) is 53.2 Å². The van der Waals surface area contributed by atoms with Gasteiger partial charge in [0.05, 0.1) is 28.9 Å². The van der Waals surface area contributed by atoms with Gasteiger partial charge in [-0.05, 0) is 80.0 Å². The SMILES string of the molecule is Cc1cc([C@@H](C)Nc2ccc(Cl)nc2C(=O)NS(C)(=O)=O)c2nc(N3C[C@@H]4C(c5ccnc(C)c5)[C@@H]4C3)n(C)c(=O)c2c1.